The van der Waals surface area contributed by atoms with E-state index in [1.54, 1.807) is 0 Å². The van der Waals surface area contributed by atoms with Gasteiger partial charge in [0.25, 0.3) is 0 Å². The third kappa shape index (κ3) is 3.33. The van der Waals surface area contributed by atoms with Crippen molar-refractivity contribution in [3.05, 3.63) is 35.9 Å². The summed E-state index contributed by atoms with van der Waals surface area (Å²) in [7, 11) is 0. The van der Waals surface area contributed by atoms with Gasteiger partial charge < -0.3 is 4.74 Å². The van der Waals surface area contributed by atoms with E-state index >= 15 is 0 Å². The molecule has 0 N–H and O–H groups in total. The number of carbonyl (C=O) groups is 2. The average molecular weight is 295 g/mol. The van der Waals surface area contributed by atoms with Crippen molar-refractivity contribution in [3.8, 4) is 0 Å². The second-order valence-corrected chi connectivity index (χ2v) is 5.71. The van der Waals surface area contributed by atoms with Crippen molar-refractivity contribution < 1.29 is 14.3 Å². The van der Waals surface area contributed by atoms with E-state index in [2.05, 4.69) is 0 Å². The van der Waals surface area contributed by atoms with Crippen molar-refractivity contribution in [1.82, 2.24) is 4.31 Å². The normalized spacial score (nSPS) is 17.9. The van der Waals surface area contributed by atoms with Gasteiger partial charge in [-0.25, -0.2) is 4.79 Å². The molecule has 0 unspecified atom stereocenters. The largest absolute Gasteiger partial charge is 0.464 e. The molecule has 0 aromatic heterocycles. The first-order valence-corrected chi connectivity index (χ1v) is 7.01. The van der Waals surface area contributed by atoms with Gasteiger partial charge in [-0.3, -0.25) is 9.10 Å². The monoisotopic (exact) mass is 295 g/mol. The molecule has 1 fully saturated rings. The molecule has 0 spiro atoms. The number of cyclic esters (lactones) is 1. The van der Waals surface area contributed by atoms with Crippen LogP contribution in [0.5, 0.6) is 0 Å². The maximum absolute atomic E-state index is 11.7. The molecular formula is C13H13NO3S2. The number of amides is 1. The lowest BCUT2D eigenvalue weighted by Crippen LogP contribution is -2.37. The third-order valence-corrected chi connectivity index (χ3v) is 4.26. The van der Waals surface area contributed by atoms with Crippen LogP contribution in [0.15, 0.2) is 30.3 Å². The van der Waals surface area contributed by atoms with Gasteiger partial charge >= 0.3 is 5.97 Å². The number of esters is 1. The molecule has 1 aliphatic heterocycles. The predicted molar refractivity (Wildman–Crippen MR) is 77.6 cm³/mol. The first-order chi connectivity index (χ1) is 9.09. The molecule has 1 aromatic rings. The highest BCUT2D eigenvalue weighted by Gasteiger charge is 2.35. The Morgan fingerprint density at radius 3 is 2.63 bits per heavy atom. The SMILES string of the molecule is CC(=O)N(SC(=S)c1ccccc1)[C@H]1CCOC1=O. The molecule has 1 aromatic carbocycles. The van der Waals surface area contributed by atoms with Crippen molar-refractivity contribution in [1.29, 1.82) is 0 Å². The number of nitrogens with zero attached hydrogens (tertiary/aromatic N) is 1. The van der Waals surface area contributed by atoms with Gasteiger partial charge in [0, 0.05) is 30.9 Å². The van der Waals surface area contributed by atoms with Crippen LogP contribution in [0, 0.1) is 0 Å². The summed E-state index contributed by atoms with van der Waals surface area (Å²) in [5.74, 6) is -0.564. The molecule has 1 amide bonds. The Balaban J connectivity index is 2.11. The van der Waals surface area contributed by atoms with Crippen LogP contribution in [0.3, 0.4) is 0 Å². The number of hydrogen-bond donors (Lipinski definition) is 0. The number of thiocarbonyl (C=S) groups is 1. The number of hydrogen-bond acceptors (Lipinski definition) is 5. The molecule has 100 valence electrons. The van der Waals surface area contributed by atoms with E-state index in [0.29, 0.717) is 17.2 Å². The fourth-order valence-electron chi connectivity index (χ4n) is 1.76. The minimum atomic E-state index is -0.538. The highest BCUT2D eigenvalue weighted by Crippen LogP contribution is 2.26. The van der Waals surface area contributed by atoms with Crippen LogP contribution in [0.4, 0.5) is 0 Å². The van der Waals surface area contributed by atoms with E-state index in [1.165, 1.54) is 11.2 Å². The summed E-state index contributed by atoms with van der Waals surface area (Å²) >= 11 is 6.43. The molecule has 1 saturated heterocycles. The van der Waals surface area contributed by atoms with Crippen molar-refractivity contribution in [2.45, 2.75) is 19.4 Å². The first-order valence-electron chi connectivity index (χ1n) is 5.83. The average Bonchev–Trinajstić information content (AvgIpc) is 2.82. The topological polar surface area (TPSA) is 46.6 Å². The second-order valence-electron chi connectivity index (χ2n) is 4.06. The van der Waals surface area contributed by atoms with Crippen LogP contribution in [0.1, 0.15) is 18.9 Å². The Morgan fingerprint density at radius 2 is 2.11 bits per heavy atom. The standard InChI is InChI=1S/C13H13NO3S2/c1-9(15)14(11-7-8-17-12(11)16)19-13(18)10-5-3-2-4-6-10/h2-6,11H,7-8H2,1H3/t11-/m0/s1. The lowest BCUT2D eigenvalue weighted by molar-refractivity contribution is -0.143. The number of benzene rings is 1. The molecule has 0 aliphatic carbocycles. The summed E-state index contributed by atoms with van der Waals surface area (Å²) in [4.78, 5) is 23.2. The second kappa shape index (κ2) is 6.16. The van der Waals surface area contributed by atoms with E-state index in [9.17, 15) is 9.59 Å². The molecule has 0 radical (unpaired) electrons. The van der Waals surface area contributed by atoms with E-state index in [-0.39, 0.29) is 11.9 Å². The van der Waals surface area contributed by atoms with E-state index in [0.717, 1.165) is 17.5 Å². The van der Waals surface area contributed by atoms with Gasteiger partial charge in [-0.1, -0.05) is 42.5 Å². The van der Waals surface area contributed by atoms with Crippen LogP contribution in [-0.2, 0) is 14.3 Å². The van der Waals surface area contributed by atoms with Crippen molar-refractivity contribution >= 4 is 40.2 Å². The van der Waals surface area contributed by atoms with Crippen LogP contribution in [0.2, 0.25) is 0 Å². The fourth-order valence-corrected chi connectivity index (χ4v) is 3.01. The zero-order chi connectivity index (χ0) is 13.8. The lowest BCUT2D eigenvalue weighted by Gasteiger charge is -2.23. The van der Waals surface area contributed by atoms with Gasteiger partial charge in [0.1, 0.15) is 6.04 Å². The summed E-state index contributed by atoms with van der Waals surface area (Å²) in [5, 5.41) is 0. The minimum absolute atomic E-state index is 0.202. The summed E-state index contributed by atoms with van der Waals surface area (Å²) in [5.41, 5.74) is 0.861. The molecule has 1 atom stereocenters. The van der Waals surface area contributed by atoms with Gasteiger partial charge in [0.05, 0.1) is 10.8 Å². The van der Waals surface area contributed by atoms with Crippen molar-refractivity contribution in [2.24, 2.45) is 0 Å². The first kappa shape index (κ1) is 14.0. The van der Waals surface area contributed by atoms with Gasteiger partial charge in [-0.2, -0.15) is 0 Å². The van der Waals surface area contributed by atoms with Crippen LogP contribution in [-0.4, -0.2) is 33.0 Å². The highest BCUT2D eigenvalue weighted by atomic mass is 32.2. The fraction of sp³-hybridized carbons (Fsp3) is 0.308. The highest BCUT2D eigenvalue weighted by molar-refractivity contribution is 8.22. The minimum Gasteiger partial charge on any atom is -0.464 e. The Morgan fingerprint density at radius 1 is 1.42 bits per heavy atom. The maximum Gasteiger partial charge on any atom is 0.330 e. The predicted octanol–water partition coefficient (Wildman–Crippen LogP) is 2.17. The molecule has 2 rings (SSSR count). The van der Waals surface area contributed by atoms with E-state index < -0.39 is 6.04 Å². The van der Waals surface area contributed by atoms with Gasteiger partial charge in [0.15, 0.2) is 0 Å². The zero-order valence-electron chi connectivity index (χ0n) is 10.4. The summed E-state index contributed by atoms with van der Waals surface area (Å²) < 4.78 is 6.87. The number of ether oxygens (including phenoxy) is 1. The van der Waals surface area contributed by atoms with Crippen LogP contribution < -0.4 is 0 Å². The molecule has 6 heteroatoms. The summed E-state index contributed by atoms with van der Waals surface area (Å²) in [6.45, 7) is 1.78. The van der Waals surface area contributed by atoms with Crippen LogP contribution in [0.25, 0.3) is 0 Å². The number of carbonyl (C=O) groups excluding carboxylic acids is 2. The smallest absolute Gasteiger partial charge is 0.330 e. The number of rotatable bonds is 2. The van der Waals surface area contributed by atoms with Gasteiger partial charge in [-0.15, -0.1) is 0 Å². The molecule has 1 heterocycles. The van der Waals surface area contributed by atoms with Crippen molar-refractivity contribution in [3.63, 3.8) is 0 Å². The lowest BCUT2D eigenvalue weighted by atomic mass is 10.2. The van der Waals surface area contributed by atoms with E-state index in [1.807, 2.05) is 30.3 Å². The molecule has 4 nitrogen and oxygen atoms in total. The molecule has 0 saturated carbocycles. The van der Waals surface area contributed by atoms with E-state index in [4.69, 9.17) is 17.0 Å². The summed E-state index contributed by atoms with van der Waals surface area (Å²) in [6.07, 6.45) is 0.517. The van der Waals surface area contributed by atoms with Crippen LogP contribution >= 0.6 is 24.2 Å². The maximum atomic E-state index is 11.7. The Hall–Kier alpha value is -1.40. The third-order valence-electron chi connectivity index (χ3n) is 2.69. The van der Waals surface area contributed by atoms with Gasteiger partial charge in [0.2, 0.25) is 5.91 Å². The summed E-state index contributed by atoms with van der Waals surface area (Å²) in [6, 6.07) is 8.87. The van der Waals surface area contributed by atoms with Crippen molar-refractivity contribution in [2.75, 3.05) is 6.61 Å². The Kier molecular flexibility index (Phi) is 4.55. The van der Waals surface area contributed by atoms with Gasteiger partial charge in [-0.05, 0) is 0 Å². The molecule has 19 heavy (non-hydrogen) atoms. The molecule has 0 bridgehead atoms. The molecular weight excluding hydrogens is 282 g/mol. The Bertz CT molecular complexity index is 504. The zero-order valence-corrected chi connectivity index (χ0v) is 12.0. The quantitative estimate of drug-likeness (QED) is 0.475. The Labute approximate surface area is 121 Å². The molecule has 1 aliphatic rings.